The van der Waals surface area contributed by atoms with E-state index in [4.69, 9.17) is 4.65 Å². The third kappa shape index (κ3) is 2.09. The maximum Gasteiger partial charge on any atom is 0.490 e. The Labute approximate surface area is 73.3 Å². The number of hydrogen-bond donors (Lipinski definition) is 1. The minimum Gasteiger partial charge on any atom is -0.423 e. The van der Waals surface area contributed by atoms with Crippen molar-refractivity contribution in [3.05, 3.63) is 29.8 Å². The van der Waals surface area contributed by atoms with Gasteiger partial charge in [0.2, 0.25) is 0 Å². The number of rotatable bonds is 3. The van der Waals surface area contributed by atoms with E-state index in [9.17, 15) is 5.02 Å². The van der Waals surface area contributed by atoms with Crippen molar-refractivity contribution in [1.82, 2.24) is 0 Å². The number of aryl methyl sites for hydroxylation is 1. The number of hydrogen-bond acceptors (Lipinski definition) is 2. The molecular formula is C9H13BO2. The van der Waals surface area contributed by atoms with Gasteiger partial charge in [-0.3, -0.25) is 0 Å². The molecule has 0 aliphatic heterocycles. The third-order valence-electron chi connectivity index (χ3n) is 1.87. The molecule has 1 N–H and O–H groups in total. The first kappa shape index (κ1) is 9.29. The van der Waals surface area contributed by atoms with Gasteiger partial charge in [0.05, 0.1) is 0 Å². The molecule has 0 unspecified atom stereocenters. The van der Waals surface area contributed by atoms with E-state index in [0.717, 1.165) is 11.9 Å². The van der Waals surface area contributed by atoms with Gasteiger partial charge in [0.1, 0.15) is 0 Å². The molecule has 0 saturated heterocycles. The van der Waals surface area contributed by atoms with Crippen molar-refractivity contribution in [2.24, 2.45) is 0 Å². The molecule has 0 heterocycles. The van der Waals surface area contributed by atoms with Gasteiger partial charge in [-0.1, -0.05) is 31.2 Å². The van der Waals surface area contributed by atoms with Gasteiger partial charge in [0, 0.05) is 7.11 Å². The smallest absolute Gasteiger partial charge is 0.423 e. The van der Waals surface area contributed by atoms with Crippen LogP contribution in [0, 0.1) is 0 Å². The molecule has 2 nitrogen and oxygen atoms in total. The lowest BCUT2D eigenvalue weighted by molar-refractivity contribution is 0.341. The van der Waals surface area contributed by atoms with Crippen LogP contribution in [-0.2, 0) is 11.1 Å². The fourth-order valence-electron chi connectivity index (χ4n) is 1.10. The minimum atomic E-state index is -0.795. The lowest BCUT2D eigenvalue weighted by Crippen LogP contribution is -2.32. The zero-order valence-electron chi connectivity index (χ0n) is 7.45. The fourth-order valence-corrected chi connectivity index (χ4v) is 1.10. The first-order chi connectivity index (χ1) is 5.77. The van der Waals surface area contributed by atoms with Gasteiger partial charge in [0.25, 0.3) is 0 Å². The summed E-state index contributed by atoms with van der Waals surface area (Å²) in [5.74, 6) is 0. The predicted molar refractivity (Wildman–Crippen MR) is 50.4 cm³/mol. The van der Waals surface area contributed by atoms with Gasteiger partial charge in [-0.2, -0.15) is 0 Å². The lowest BCUT2D eigenvalue weighted by Gasteiger charge is -2.04. The highest BCUT2D eigenvalue weighted by molar-refractivity contribution is 6.59. The molecule has 3 heteroatoms. The zero-order chi connectivity index (χ0) is 8.97. The van der Waals surface area contributed by atoms with Gasteiger partial charge < -0.3 is 9.68 Å². The second kappa shape index (κ2) is 4.29. The van der Waals surface area contributed by atoms with Crippen molar-refractivity contribution in [3.63, 3.8) is 0 Å². The van der Waals surface area contributed by atoms with Gasteiger partial charge >= 0.3 is 7.12 Å². The summed E-state index contributed by atoms with van der Waals surface area (Å²) < 4.78 is 4.79. The lowest BCUT2D eigenvalue weighted by atomic mass is 9.79. The second-order valence-corrected chi connectivity index (χ2v) is 2.69. The Morgan fingerprint density at radius 2 is 2.25 bits per heavy atom. The number of benzene rings is 1. The van der Waals surface area contributed by atoms with Crippen molar-refractivity contribution >= 4 is 12.6 Å². The Kier molecular flexibility index (Phi) is 3.32. The van der Waals surface area contributed by atoms with E-state index in [0.29, 0.717) is 0 Å². The summed E-state index contributed by atoms with van der Waals surface area (Å²) in [6.07, 6.45) is 0.976. The summed E-state index contributed by atoms with van der Waals surface area (Å²) in [4.78, 5) is 0. The third-order valence-corrected chi connectivity index (χ3v) is 1.87. The van der Waals surface area contributed by atoms with Crippen LogP contribution in [0.4, 0.5) is 0 Å². The first-order valence-electron chi connectivity index (χ1n) is 4.07. The van der Waals surface area contributed by atoms with E-state index in [1.54, 1.807) is 0 Å². The van der Waals surface area contributed by atoms with Crippen molar-refractivity contribution in [3.8, 4) is 0 Å². The summed E-state index contributed by atoms with van der Waals surface area (Å²) in [7, 11) is 0.694. The molecule has 64 valence electrons. The highest BCUT2D eigenvalue weighted by Crippen LogP contribution is 1.97. The molecule has 0 bridgehead atoms. The van der Waals surface area contributed by atoms with Crippen molar-refractivity contribution in [2.45, 2.75) is 13.3 Å². The maximum atomic E-state index is 9.33. The molecule has 0 radical (unpaired) electrons. The van der Waals surface area contributed by atoms with E-state index in [1.807, 2.05) is 24.3 Å². The van der Waals surface area contributed by atoms with Crippen LogP contribution >= 0.6 is 0 Å². The molecule has 1 aromatic carbocycles. The van der Waals surface area contributed by atoms with Crippen LogP contribution in [0.5, 0.6) is 0 Å². The molecule has 0 atom stereocenters. The molecule has 0 aliphatic rings. The van der Waals surface area contributed by atoms with E-state index >= 15 is 0 Å². The van der Waals surface area contributed by atoms with Crippen molar-refractivity contribution in [1.29, 1.82) is 0 Å². The van der Waals surface area contributed by atoms with Crippen LogP contribution in [0.15, 0.2) is 24.3 Å². The molecule has 1 aromatic rings. The molecule has 0 fully saturated rings. The van der Waals surface area contributed by atoms with Gasteiger partial charge in [-0.25, -0.2) is 0 Å². The summed E-state index contributed by atoms with van der Waals surface area (Å²) in [6.45, 7) is 2.08. The monoisotopic (exact) mass is 164 g/mol. The molecule has 0 aromatic heterocycles. The Morgan fingerprint density at radius 1 is 1.50 bits per heavy atom. The molecular weight excluding hydrogens is 151 g/mol. The SMILES string of the molecule is CCc1cccc(B(O)OC)c1. The average Bonchev–Trinajstić information content (AvgIpc) is 2.17. The largest absolute Gasteiger partial charge is 0.490 e. The maximum absolute atomic E-state index is 9.33. The summed E-state index contributed by atoms with van der Waals surface area (Å²) in [5.41, 5.74) is 2.03. The second-order valence-electron chi connectivity index (χ2n) is 2.69. The van der Waals surface area contributed by atoms with Gasteiger partial charge in [-0.15, -0.1) is 0 Å². The van der Waals surface area contributed by atoms with Gasteiger partial charge in [0.15, 0.2) is 0 Å². The van der Waals surface area contributed by atoms with Crippen molar-refractivity contribution < 1.29 is 9.68 Å². The molecule has 0 amide bonds. The Balaban J connectivity index is 2.86. The highest BCUT2D eigenvalue weighted by Gasteiger charge is 2.13. The summed E-state index contributed by atoms with van der Waals surface area (Å²) >= 11 is 0. The zero-order valence-corrected chi connectivity index (χ0v) is 7.45. The Morgan fingerprint density at radius 3 is 2.83 bits per heavy atom. The molecule has 0 aliphatic carbocycles. The van der Waals surface area contributed by atoms with E-state index in [1.165, 1.54) is 12.7 Å². The van der Waals surface area contributed by atoms with Crippen LogP contribution in [0.1, 0.15) is 12.5 Å². The van der Waals surface area contributed by atoms with Crippen LogP contribution < -0.4 is 5.46 Å². The average molecular weight is 164 g/mol. The normalized spacial score (nSPS) is 9.92. The topological polar surface area (TPSA) is 29.5 Å². The first-order valence-corrected chi connectivity index (χ1v) is 4.07. The fraction of sp³-hybridized carbons (Fsp3) is 0.333. The Bertz CT molecular complexity index is 250. The summed E-state index contributed by atoms with van der Waals surface area (Å²) in [6, 6.07) is 7.77. The van der Waals surface area contributed by atoms with Crippen LogP contribution in [-0.4, -0.2) is 19.3 Å². The molecule has 0 spiro atoms. The van der Waals surface area contributed by atoms with E-state index in [2.05, 4.69) is 6.92 Å². The van der Waals surface area contributed by atoms with Crippen LogP contribution in [0.2, 0.25) is 0 Å². The highest BCUT2D eigenvalue weighted by atomic mass is 16.5. The van der Waals surface area contributed by atoms with Gasteiger partial charge in [-0.05, 0) is 17.4 Å². The van der Waals surface area contributed by atoms with E-state index < -0.39 is 7.12 Å². The Hall–Kier alpha value is -0.795. The standard InChI is InChI=1S/C9H13BO2/c1-3-8-5-4-6-9(7-8)10(11)12-2/h4-7,11H,3H2,1-2H3. The minimum absolute atomic E-state index is 0.795. The molecule has 1 rings (SSSR count). The quantitative estimate of drug-likeness (QED) is 0.662. The van der Waals surface area contributed by atoms with Crippen molar-refractivity contribution in [2.75, 3.05) is 7.11 Å². The predicted octanol–water partition coefficient (Wildman–Crippen LogP) is 0.583. The van der Waals surface area contributed by atoms with E-state index in [-0.39, 0.29) is 0 Å². The molecule has 0 saturated carbocycles. The molecule has 12 heavy (non-hydrogen) atoms. The van der Waals surface area contributed by atoms with Crippen LogP contribution in [0.25, 0.3) is 0 Å². The summed E-state index contributed by atoms with van der Waals surface area (Å²) in [5, 5.41) is 9.33. The van der Waals surface area contributed by atoms with Crippen LogP contribution in [0.3, 0.4) is 0 Å².